The molecule has 0 atom stereocenters. The molecule has 0 spiro atoms. The van der Waals surface area contributed by atoms with Gasteiger partial charge < -0.3 is 49.3 Å². The maximum Gasteiger partial charge on any atom is 1.00 e. The number of hydrogen-bond acceptors (Lipinski definition) is 16. The molecule has 4 aliphatic heterocycles. The smallest absolute Gasteiger partial charge is 0.748 e. The Morgan fingerprint density at radius 3 is 1.68 bits per heavy atom. The zero-order valence-corrected chi connectivity index (χ0v) is 50.0. The summed E-state index contributed by atoms with van der Waals surface area (Å²) >= 11 is 0. The van der Waals surface area contributed by atoms with Crippen molar-refractivity contribution in [1.29, 1.82) is 0 Å². The zero-order valence-electron chi connectivity index (χ0n) is 46.3. The van der Waals surface area contributed by atoms with Crippen LogP contribution in [0.1, 0.15) is 85.2 Å². The second kappa shape index (κ2) is 25.7. The SMILES string of the molecule is CC1(C)C(=CC=CC=CC2=[N+](CCCCS(=O)(=O)O)c3ccc(C(=O)N4CCN(C(=O)Cn5ccnc5[N+](=O)[O-])CC4)cc3C2(C)C)N(CCCCS(=O)(=O)[O-])c2ccc(C(=O)N3CCN(C(=O)Cn4ccnc4[N+](=O)[O-])CC3)cc21.[Na+]. The van der Waals surface area contributed by atoms with E-state index in [1.165, 1.54) is 33.9 Å². The molecule has 4 aliphatic rings. The van der Waals surface area contributed by atoms with Crippen LogP contribution >= 0.6 is 0 Å². The molecule has 29 heteroatoms. The van der Waals surface area contributed by atoms with Crippen LogP contribution in [-0.4, -0.2) is 185 Å². The number of carbonyl (C=O) groups excluding carboxylic acids is 4. The number of anilines is 1. The van der Waals surface area contributed by atoms with E-state index in [-0.39, 0.29) is 131 Å². The first-order chi connectivity index (χ1) is 38.2. The van der Waals surface area contributed by atoms with Gasteiger partial charge in [-0.25, -0.2) is 17.6 Å². The third kappa shape index (κ3) is 14.3. The fraction of sp³-hybridized carbons (Fsp3) is 0.453. The molecule has 0 bridgehead atoms. The summed E-state index contributed by atoms with van der Waals surface area (Å²) in [6.07, 6.45) is 15.8. The van der Waals surface area contributed by atoms with Gasteiger partial charge in [0, 0.05) is 117 Å². The standard InChI is InChI=1S/C53H64N12O14S2.Na/c1-52(2)40-34-38(48(68)58-28-24-56(25-29-58)46(66)36-60-22-18-54-50(60)64(70)71)14-16-42(40)62(20-8-10-32-80(74,75)76)44(52)12-6-5-7-13-45-53(3,4)41-35-39(15-17-43(41)63(45)21-9-11-33-81(77,78)79)49(69)59-30-26-57(27-31-59)47(67)37-61-23-19-55-51(61)65(72)73;/h5-7,12-19,22-23,34-35H,8-11,20-21,24-33,36-37H2,1-4H3,(H-,74,75,76,77,78,79);/q;+1. The van der Waals surface area contributed by atoms with E-state index < -0.39 is 64.3 Å². The van der Waals surface area contributed by atoms with Gasteiger partial charge in [0.25, 0.3) is 33.7 Å². The molecule has 2 aromatic heterocycles. The third-order valence-corrected chi connectivity index (χ3v) is 16.8. The van der Waals surface area contributed by atoms with Crippen molar-refractivity contribution < 1.29 is 89.1 Å². The Morgan fingerprint density at radius 1 is 0.671 bits per heavy atom. The molecule has 4 amide bonds. The summed E-state index contributed by atoms with van der Waals surface area (Å²) in [5, 5.41) is 22.6. The predicted octanol–water partition coefficient (Wildman–Crippen LogP) is 1.03. The van der Waals surface area contributed by atoms with Crippen molar-refractivity contribution in [2.24, 2.45) is 0 Å². The molecule has 2 saturated heterocycles. The van der Waals surface area contributed by atoms with E-state index in [1.807, 2.05) is 82.3 Å². The fourth-order valence-electron chi connectivity index (χ4n) is 10.9. The van der Waals surface area contributed by atoms with Crippen LogP contribution in [0.2, 0.25) is 0 Å². The number of carbonyl (C=O) groups is 4. The number of allylic oxidation sites excluding steroid dienone is 6. The Labute approximate surface area is 496 Å². The summed E-state index contributed by atoms with van der Waals surface area (Å²) in [5.41, 5.74) is 4.51. The van der Waals surface area contributed by atoms with Gasteiger partial charge >= 0.3 is 41.5 Å². The van der Waals surface area contributed by atoms with Crippen LogP contribution in [-0.2, 0) is 53.7 Å². The number of nitro groups is 2. The molecule has 8 rings (SSSR count). The van der Waals surface area contributed by atoms with Crippen molar-refractivity contribution in [2.75, 3.05) is 81.9 Å². The molecule has 4 aromatic rings. The number of unbranched alkanes of at least 4 members (excludes halogenated alkanes) is 2. The summed E-state index contributed by atoms with van der Waals surface area (Å²) in [6.45, 7) is 10.2. The number of imidazole rings is 2. The van der Waals surface area contributed by atoms with E-state index in [0.29, 0.717) is 37.1 Å². The summed E-state index contributed by atoms with van der Waals surface area (Å²) in [6, 6.07) is 10.9. The Bertz CT molecular complexity index is 3500. The van der Waals surface area contributed by atoms with Gasteiger partial charge in [0.1, 0.15) is 31.3 Å². The van der Waals surface area contributed by atoms with Crippen LogP contribution in [0, 0.1) is 20.2 Å². The van der Waals surface area contributed by atoms with E-state index in [0.717, 1.165) is 33.9 Å². The quantitative estimate of drug-likeness (QED) is 0.0232. The van der Waals surface area contributed by atoms with Crippen molar-refractivity contribution in [3.8, 4) is 0 Å². The maximum atomic E-state index is 14.1. The topological polar surface area (TPSA) is 321 Å². The average Bonchev–Trinajstić information content (AvgIpc) is 3.83. The van der Waals surface area contributed by atoms with Crippen molar-refractivity contribution in [2.45, 2.75) is 77.3 Å². The number of rotatable bonds is 21. The van der Waals surface area contributed by atoms with Gasteiger partial charge in [-0.05, 0) is 84.9 Å². The number of fused-ring (bicyclic) bond motifs is 2. The molecule has 26 nitrogen and oxygen atoms in total. The maximum absolute atomic E-state index is 14.1. The van der Waals surface area contributed by atoms with Crippen LogP contribution in [0.5, 0.6) is 0 Å². The zero-order chi connectivity index (χ0) is 58.6. The molecule has 2 fully saturated rings. The number of amides is 4. The Morgan fingerprint density at radius 2 is 1.17 bits per heavy atom. The molecule has 6 heterocycles. The minimum absolute atomic E-state index is 0. The minimum Gasteiger partial charge on any atom is -0.748 e. The van der Waals surface area contributed by atoms with E-state index in [1.54, 1.807) is 31.7 Å². The van der Waals surface area contributed by atoms with E-state index in [4.69, 9.17) is 0 Å². The summed E-state index contributed by atoms with van der Waals surface area (Å²) in [7, 11) is -8.63. The van der Waals surface area contributed by atoms with Crippen molar-refractivity contribution in [1.82, 2.24) is 38.7 Å². The van der Waals surface area contributed by atoms with Gasteiger partial charge in [0.15, 0.2) is 18.8 Å². The Hall–Kier alpha value is -6.95. The third-order valence-electron chi connectivity index (χ3n) is 15.2. The van der Waals surface area contributed by atoms with Gasteiger partial charge in [-0.3, -0.25) is 23.7 Å². The van der Waals surface area contributed by atoms with Gasteiger partial charge in [-0.15, -0.1) is 0 Å². The summed E-state index contributed by atoms with van der Waals surface area (Å²) in [4.78, 5) is 91.5. The largest absolute Gasteiger partial charge is 1.00 e. The molecular formula is C53H64N12NaO14S2+. The van der Waals surface area contributed by atoms with Crippen molar-refractivity contribution in [3.63, 3.8) is 0 Å². The molecule has 432 valence electrons. The van der Waals surface area contributed by atoms with Crippen LogP contribution in [0.25, 0.3) is 0 Å². The monoisotopic (exact) mass is 1180 g/mol. The second-order valence-corrected chi connectivity index (χ2v) is 24.3. The van der Waals surface area contributed by atoms with E-state index >= 15 is 0 Å². The first kappa shape index (κ1) is 62.6. The van der Waals surface area contributed by atoms with Crippen molar-refractivity contribution >= 4 is 72.8 Å². The molecule has 82 heavy (non-hydrogen) atoms. The van der Waals surface area contributed by atoms with E-state index in [2.05, 4.69) is 19.4 Å². The number of benzene rings is 2. The Kier molecular flexibility index (Phi) is 19.6. The molecule has 0 unspecified atom stereocenters. The molecule has 0 radical (unpaired) electrons. The van der Waals surface area contributed by atoms with Gasteiger partial charge in [0.2, 0.25) is 5.69 Å². The molecule has 2 aromatic carbocycles. The van der Waals surface area contributed by atoms with Crippen LogP contribution in [0.4, 0.5) is 23.3 Å². The number of nitrogens with zero attached hydrogens (tertiary/aromatic N) is 12. The first-order valence-electron chi connectivity index (χ1n) is 26.4. The number of piperazine rings is 2. The van der Waals surface area contributed by atoms with Crippen LogP contribution in [0.15, 0.2) is 97.3 Å². The summed E-state index contributed by atoms with van der Waals surface area (Å²) < 4.78 is 71.7. The Balaban J connectivity index is 0.00000968. The van der Waals surface area contributed by atoms with Crippen LogP contribution < -0.4 is 34.5 Å². The van der Waals surface area contributed by atoms with E-state index in [9.17, 15) is 65.3 Å². The fourth-order valence-corrected chi connectivity index (χ4v) is 12.1. The second-order valence-electron chi connectivity index (χ2n) is 21.2. The number of hydrogen-bond donors (Lipinski definition) is 1. The average molecular weight is 1180 g/mol. The first-order valence-corrected chi connectivity index (χ1v) is 29.5. The van der Waals surface area contributed by atoms with Crippen molar-refractivity contribution in [3.05, 3.63) is 140 Å². The van der Waals surface area contributed by atoms with Gasteiger partial charge in [-0.1, -0.05) is 42.0 Å². The molecule has 0 saturated carbocycles. The van der Waals surface area contributed by atoms with Gasteiger partial charge in [0.05, 0.1) is 21.3 Å². The molecule has 1 N–H and O–H groups in total. The van der Waals surface area contributed by atoms with Crippen LogP contribution in [0.3, 0.4) is 0 Å². The minimum atomic E-state index is -4.44. The van der Waals surface area contributed by atoms with Gasteiger partial charge in [-0.2, -0.15) is 13.0 Å². The molecule has 0 aliphatic carbocycles. The predicted molar refractivity (Wildman–Crippen MR) is 295 cm³/mol. The summed E-state index contributed by atoms with van der Waals surface area (Å²) in [5.74, 6) is -2.96. The number of aromatic nitrogens is 4. The normalized spacial score (nSPS) is 17.4. The molecular weight excluding hydrogens is 1120 g/mol.